The summed E-state index contributed by atoms with van der Waals surface area (Å²) in [6, 6.07) is 8.71. The number of aryl methyl sites for hydroxylation is 2. The van der Waals surface area contributed by atoms with Crippen LogP contribution in [-0.2, 0) is 13.0 Å². The molecule has 110 valence electrons. The van der Waals surface area contributed by atoms with Gasteiger partial charge >= 0.3 is 0 Å². The Labute approximate surface area is 125 Å². The quantitative estimate of drug-likeness (QED) is 0.939. The summed E-state index contributed by atoms with van der Waals surface area (Å²) in [6.45, 7) is 5.42. The summed E-state index contributed by atoms with van der Waals surface area (Å²) in [5.41, 5.74) is 12.9. The van der Waals surface area contributed by atoms with Crippen molar-refractivity contribution < 1.29 is 9.47 Å². The van der Waals surface area contributed by atoms with Crippen LogP contribution in [0.4, 0.5) is 0 Å². The van der Waals surface area contributed by atoms with Crippen molar-refractivity contribution in [3.8, 4) is 22.6 Å². The number of fused-ring (bicyclic) bond motifs is 1. The Kier molecular flexibility index (Phi) is 3.60. The highest BCUT2D eigenvalue weighted by Crippen LogP contribution is 2.36. The van der Waals surface area contributed by atoms with Gasteiger partial charge in [0.15, 0.2) is 0 Å². The van der Waals surface area contributed by atoms with Crippen LogP contribution in [0.25, 0.3) is 11.1 Å². The molecule has 1 aliphatic rings. The van der Waals surface area contributed by atoms with Crippen LogP contribution in [0.2, 0.25) is 0 Å². The van der Waals surface area contributed by atoms with Gasteiger partial charge in [-0.2, -0.15) is 0 Å². The topological polar surface area (TPSA) is 44.5 Å². The van der Waals surface area contributed by atoms with E-state index in [0.717, 1.165) is 41.2 Å². The third-order valence-electron chi connectivity index (χ3n) is 4.08. The summed E-state index contributed by atoms with van der Waals surface area (Å²) in [5, 5.41) is 0. The summed E-state index contributed by atoms with van der Waals surface area (Å²) >= 11 is 0. The van der Waals surface area contributed by atoms with Crippen molar-refractivity contribution in [3.05, 3.63) is 46.5 Å². The Morgan fingerprint density at radius 3 is 2.38 bits per heavy atom. The number of methoxy groups -OCH3 is 1. The molecule has 0 amide bonds. The minimum atomic E-state index is 0.504. The van der Waals surface area contributed by atoms with Gasteiger partial charge in [0.1, 0.15) is 11.5 Å². The van der Waals surface area contributed by atoms with Crippen LogP contribution in [0, 0.1) is 13.8 Å². The largest absolute Gasteiger partial charge is 0.496 e. The Morgan fingerprint density at radius 1 is 1.10 bits per heavy atom. The molecule has 1 heterocycles. The first-order chi connectivity index (χ1) is 10.1. The molecule has 0 radical (unpaired) electrons. The van der Waals surface area contributed by atoms with E-state index in [1.807, 2.05) is 0 Å². The lowest BCUT2D eigenvalue weighted by atomic mass is 9.95. The minimum absolute atomic E-state index is 0.504. The number of benzene rings is 2. The molecule has 1 aliphatic heterocycles. The molecule has 0 aliphatic carbocycles. The zero-order valence-electron chi connectivity index (χ0n) is 12.8. The molecule has 0 fully saturated rings. The molecule has 0 bridgehead atoms. The van der Waals surface area contributed by atoms with E-state index < -0.39 is 0 Å². The van der Waals surface area contributed by atoms with Gasteiger partial charge in [0, 0.05) is 18.5 Å². The maximum absolute atomic E-state index is 5.88. The summed E-state index contributed by atoms with van der Waals surface area (Å²) in [7, 11) is 1.72. The SMILES string of the molecule is COc1c(C)cc(-c2cc(CN)c3c(c2)CCO3)cc1C. The normalized spacial score (nSPS) is 13.0. The maximum atomic E-state index is 5.88. The molecule has 0 saturated carbocycles. The average molecular weight is 283 g/mol. The number of ether oxygens (including phenoxy) is 2. The van der Waals surface area contributed by atoms with Gasteiger partial charge in [-0.15, -0.1) is 0 Å². The average Bonchev–Trinajstić information content (AvgIpc) is 2.94. The monoisotopic (exact) mass is 283 g/mol. The summed E-state index contributed by atoms with van der Waals surface area (Å²) in [4.78, 5) is 0. The Morgan fingerprint density at radius 2 is 1.76 bits per heavy atom. The first kappa shape index (κ1) is 14.0. The molecule has 0 unspecified atom stereocenters. The smallest absolute Gasteiger partial charge is 0.127 e. The Hall–Kier alpha value is -2.00. The van der Waals surface area contributed by atoms with Crippen LogP contribution in [-0.4, -0.2) is 13.7 Å². The van der Waals surface area contributed by atoms with Gasteiger partial charge in [0.2, 0.25) is 0 Å². The van der Waals surface area contributed by atoms with E-state index in [1.165, 1.54) is 16.7 Å². The molecule has 0 spiro atoms. The zero-order valence-corrected chi connectivity index (χ0v) is 12.8. The second-order valence-electron chi connectivity index (χ2n) is 5.57. The summed E-state index contributed by atoms with van der Waals surface area (Å²) < 4.78 is 11.1. The first-order valence-corrected chi connectivity index (χ1v) is 7.28. The van der Waals surface area contributed by atoms with Gasteiger partial charge in [-0.1, -0.05) is 0 Å². The second kappa shape index (κ2) is 5.41. The molecule has 3 heteroatoms. The van der Waals surface area contributed by atoms with Crippen LogP contribution in [0.1, 0.15) is 22.3 Å². The minimum Gasteiger partial charge on any atom is -0.496 e. The summed E-state index contributed by atoms with van der Waals surface area (Å²) in [6.07, 6.45) is 0.963. The van der Waals surface area contributed by atoms with E-state index in [0.29, 0.717) is 6.54 Å². The van der Waals surface area contributed by atoms with Crippen molar-refractivity contribution in [1.29, 1.82) is 0 Å². The maximum Gasteiger partial charge on any atom is 0.127 e. The van der Waals surface area contributed by atoms with E-state index in [1.54, 1.807) is 7.11 Å². The molecule has 3 rings (SSSR count). The van der Waals surface area contributed by atoms with Crippen molar-refractivity contribution >= 4 is 0 Å². The number of hydrogen-bond donors (Lipinski definition) is 1. The fraction of sp³-hybridized carbons (Fsp3) is 0.333. The molecule has 3 nitrogen and oxygen atoms in total. The van der Waals surface area contributed by atoms with Gasteiger partial charge in [-0.25, -0.2) is 0 Å². The van der Waals surface area contributed by atoms with Crippen LogP contribution in [0.5, 0.6) is 11.5 Å². The van der Waals surface area contributed by atoms with E-state index in [2.05, 4.69) is 38.1 Å². The van der Waals surface area contributed by atoms with Gasteiger partial charge in [-0.3, -0.25) is 0 Å². The van der Waals surface area contributed by atoms with E-state index >= 15 is 0 Å². The molecular weight excluding hydrogens is 262 g/mol. The molecule has 2 aromatic rings. The lowest BCUT2D eigenvalue weighted by Crippen LogP contribution is -2.00. The van der Waals surface area contributed by atoms with Crippen LogP contribution >= 0.6 is 0 Å². The molecule has 0 aromatic heterocycles. The van der Waals surface area contributed by atoms with Gasteiger partial charge in [-0.05, 0) is 65.9 Å². The van der Waals surface area contributed by atoms with Crippen LogP contribution in [0.3, 0.4) is 0 Å². The zero-order chi connectivity index (χ0) is 15.0. The fourth-order valence-electron chi connectivity index (χ4n) is 3.15. The van der Waals surface area contributed by atoms with Crippen LogP contribution < -0.4 is 15.2 Å². The van der Waals surface area contributed by atoms with Crippen molar-refractivity contribution in [2.24, 2.45) is 5.73 Å². The molecule has 2 aromatic carbocycles. The van der Waals surface area contributed by atoms with Crippen molar-refractivity contribution in [2.45, 2.75) is 26.8 Å². The van der Waals surface area contributed by atoms with E-state index in [9.17, 15) is 0 Å². The highest BCUT2D eigenvalue weighted by Gasteiger charge is 2.18. The van der Waals surface area contributed by atoms with Gasteiger partial charge in [0.05, 0.1) is 13.7 Å². The van der Waals surface area contributed by atoms with Crippen molar-refractivity contribution in [1.82, 2.24) is 0 Å². The van der Waals surface area contributed by atoms with E-state index in [4.69, 9.17) is 15.2 Å². The molecule has 21 heavy (non-hydrogen) atoms. The second-order valence-corrected chi connectivity index (χ2v) is 5.57. The van der Waals surface area contributed by atoms with Gasteiger partial charge < -0.3 is 15.2 Å². The van der Waals surface area contributed by atoms with Crippen LogP contribution in [0.15, 0.2) is 24.3 Å². The molecular formula is C18H21NO2. The third kappa shape index (κ3) is 2.38. The molecule has 2 N–H and O–H groups in total. The third-order valence-corrected chi connectivity index (χ3v) is 4.08. The van der Waals surface area contributed by atoms with E-state index in [-0.39, 0.29) is 0 Å². The summed E-state index contributed by atoms with van der Waals surface area (Å²) in [5.74, 6) is 1.95. The highest BCUT2D eigenvalue weighted by atomic mass is 16.5. The lowest BCUT2D eigenvalue weighted by Gasteiger charge is -2.14. The number of rotatable bonds is 3. The first-order valence-electron chi connectivity index (χ1n) is 7.28. The molecule has 0 saturated heterocycles. The number of nitrogens with two attached hydrogens (primary N) is 1. The lowest BCUT2D eigenvalue weighted by molar-refractivity contribution is 0.353. The predicted molar refractivity (Wildman–Crippen MR) is 85.0 cm³/mol. The number of hydrogen-bond acceptors (Lipinski definition) is 3. The van der Waals surface area contributed by atoms with Crippen molar-refractivity contribution in [2.75, 3.05) is 13.7 Å². The molecule has 0 atom stereocenters. The standard InChI is InChI=1S/C18H21NO2/c1-11-6-14(7-12(2)17(11)20-3)15-8-13-4-5-21-18(13)16(9-15)10-19/h6-9H,4-5,10,19H2,1-3H3. The predicted octanol–water partition coefficient (Wildman–Crippen LogP) is 3.37. The van der Waals surface area contributed by atoms with Gasteiger partial charge in [0.25, 0.3) is 0 Å². The Balaban J connectivity index is 2.13. The highest BCUT2D eigenvalue weighted by molar-refractivity contribution is 5.71. The Bertz CT molecular complexity index is 669. The fourth-order valence-corrected chi connectivity index (χ4v) is 3.15. The van der Waals surface area contributed by atoms with Crippen molar-refractivity contribution in [3.63, 3.8) is 0 Å².